The number of carbonyl (C=O) groups is 2. The van der Waals surface area contributed by atoms with Crippen LogP contribution in [-0.4, -0.2) is 92.3 Å². The van der Waals surface area contributed by atoms with Crippen LogP contribution in [0.1, 0.15) is 74.5 Å². The number of nitrogens with zero attached hydrogens (tertiary/aromatic N) is 7. The summed E-state index contributed by atoms with van der Waals surface area (Å²) < 4.78 is 69.8. The fourth-order valence-corrected chi connectivity index (χ4v) is 9.97. The van der Waals surface area contributed by atoms with Gasteiger partial charge in [0, 0.05) is 56.6 Å². The maximum absolute atomic E-state index is 15.7. The number of pyridine rings is 1. The molecule has 2 unspecified atom stereocenters. The Hall–Kier alpha value is -5.78. The molecule has 2 amide bonds. The molecule has 4 fully saturated rings. The van der Waals surface area contributed by atoms with Crippen LogP contribution in [0.15, 0.2) is 41.3 Å². The highest BCUT2D eigenvalue weighted by Gasteiger charge is 2.51. The van der Waals surface area contributed by atoms with E-state index in [-0.39, 0.29) is 47.2 Å². The van der Waals surface area contributed by atoms with Gasteiger partial charge in [0.1, 0.15) is 5.82 Å². The SMILES string of the molecule is Cn1nc(C2CCC(=O)NC2=O)c2cc(F)c(C3CCN(CC4CCN(c5ncc(F)c(Nc6ccc7c(c6)c6c(c(=O)n7C)OCC(F)(F)C(C7CC7)N6)n5)CC4)CC3)cc21. The van der Waals surface area contributed by atoms with Crippen molar-refractivity contribution in [3.63, 3.8) is 0 Å². The number of anilines is 4. The summed E-state index contributed by atoms with van der Waals surface area (Å²) in [6.45, 7) is 3.10. The minimum Gasteiger partial charge on any atom is -0.480 e. The van der Waals surface area contributed by atoms with E-state index < -0.39 is 41.8 Å². The van der Waals surface area contributed by atoms with Gasteiger partial charge in [-0.1, -0.05) is 0 Å². The van der Waals surface area contributed by atoms with Gasteiger partial charge in [0.05, 0.1) is 40.6 Å². The third kappa shape index (κ3) is 7.38. The highest BCUT2D eigenvalue weighted by molar-refractivity contribution is 6.02. The fraction of sp³-hybridized carbons (Fsp3) is 0.500. The molecule has 7 heterocycles. The van der Waals surface area contributed by atoms with E-state index >= 15 is 17.6 Å². The van der Waals surface area contributed by atoms with Crippen LogP contribution in [0.2, 0.25) is 0 Å². The zero-order valence-corrected chi connectivity index (χ0v) is 34.5. The zero-order valence-electron chi connectivity index (χ0n) is 34.5. The zero-order chi connectivity index (χ0) is 43.0. The van der Waals surface area contributed by atoms with Gasteiger partial charge in [-0.2, -0.15) is 10.1 Å². The number of nitrogens with one attached hydrogen (secondary N) is 3. The average Bonchev–Trinajstić information content (AvgIpc) is 4.06. The molecule has 2 atom stereocenters. The third-order valence-electron chi connectivity index (χ3n) is 13.6. The molecule has 3 N–H and O–H groups in total. The van der Waals surface area contributed by atoms with E-state index in [0.717, 1.165) is 57.0 Å². The summed E-state index contributed by atoms with van der Waals surface area (Å²) in [7, 11) is 3.35. The number of hydrogen-bond acceptors (Lipinski definition) is 11. The Morgan fingerprint density at radius 3 is 2.42 bits per heavy atom. The summed E-state index contributed by atoms with van der Waals surface area (Å²) in [4.78, 5) is 50.9. The second kappa shape index (κ2) is 15.5. The number of hydrogen-bond donors (Lipinski definition) is 3. The van der Waals surface area contributed by atoms with Crippen LogP contribution in [0, 0.1) is 23.5 Å². The van der Waals surface area contributed by atoms with Crippen molar-refractivity contribution in [2.75, 3.05) is 54.9 Å². The lowest BCUT2D eigenvalue weighted by Gasteiger charge is -2.38. The van der Waals surface area contributed by atoms with Crippen molar-refractivity contribution in [2.45, 2.75) is 75.2 Å². The molecule has 0 spiro atoms. The first-order valence-corrected chi connectivity index (χ1v) is 21.5. The van der Waals surface area contributed by atoms with Gasteiger partial charge >= 0.3 is 5.92 Å². The molecular formula is C44H48F4N10O4. The predicted octanol–water partition coefficient (Wildman–Crippen LogP) is 6.07. The molecule has 18 heteroatoms. The molecule has 3 aromatic heterocycles. The molecule has 10 rings (SSSR count). The molecular weight excluding hydrogens is 809 g/mol. The summed E-state index contributed by atoms with van der Waals surface area (Å²) in [5.41, 5.74) is 2.57. The number of amides is 2. The first-order valence-electron chi connectivity index (χ1n) is 21.5. The Kier molecular flexibility index (Phi) is 10.1. The van der Waals surface area contributed by atoms with Gasteiger partial charge in [-0.15, -0.1) is 0 Å². The molecule has 14 nitrogen and oxygen atoms in total. The molecule has 1 saturated carbocycles. The van der Waals surface area contributed by atoms with E-state index in [9.17, 15) is 14.4 Å². The lowest BCUT2D eigenvalue weighted by atomic mass is 9.86. The average molecular weight is 857 g/mol. The summed E-state index contributed by atoms with van der Waals surface area (Å²) in [5, 5.41) is 14.1. The molecule has 0 bridgehead atoms. The largest absolute Gasteiger partial charge is 0.480 e. The minimum atomic E-state index is -3.17. The number of ether oxygens (including phenoxy) is 1. The van der Waals surface area contributed by atoms with E-state index in [2.05, 4.69) is 35.9 Å². The number of fused-ring (bicyclic) bond motifs is 4. The van der Waals surface area contributed by atoms with Crippen molar-refractivity contribution >= 4 is 56.8 Å². The Bertz CT molecular complexity index is 2670. The first kappa shape index (κ1) is 40.3. The molecule has 4 aliphatic heterocycles. The Morgan fingerprint density at radius 2 is 1.68 bits per heavy atom. The van der Waals surface area contributed by atoms with Crippen LogP contribution < -0.4 is 31.1 Å². The van der Waals surface area contributed by atoms with Gasteiger partial charge in [-0.3, -0.25) is 24.4 Å². The smallest absolute Gasteiger partial charge is 0.301 e. The standard InChI is InChI=1S/C44H48F4N10O4/c1-55-33-7-5-26(17-29(33)37-38(42(55)61)62-22-44(47,48)39(52-37)25-3-4-25)50-40-32(46)20-49-43(53-40)58-15-9-23(10-16-58)21-57-13-11-24(12-14-57)28-19-34-30(18-31(28)45)36(54-56(34)2)27-6-8-35(59)51-41(27)60/h5,7,17-20,23-25,27,39,52H,3-4,6,8-16,21-22H2,1-2H3,(H,49,50,53)(H,51,59,60). The number of benzene rings is 2. The maximum Gasteiger partial charge on any atom is 0.301 e. The Morgan fingerprint density at radius 1 is 0.903 bits per heavy atom. The fourth-order valence-electron chi connectivity index (χ4n) is 9.97. The molecule has 3 saturated heterocycles. The first-order chi connectivity index (χ1) is 29.8. The van der Waals surface area contributed by atoms with Crippen LogP contribution >= 0.6 is 0 Å². The van der Waals surface area contributed by atoms with Gasteiger partial charge in [-0.05, 0) is 112 Å². The van der Waals surface area contributed by atoms with Crippen molar-refractivity contribution in [1.29, 1.82) is 0 Å². The number of piperidine rings is 3. The van der Waals surface area contributed by atoms with E-state index in [1.165, 1.54) is 10.6 Å². The molecule has 326 valence electrons. The van der Waals surface area contributed by atoms with Crippen LogP contribution in [0.25, 0.3) is 21.8 Å². The van der Waals surface area contributed by atoms with Gasteiger partial charge in [0.15, 0.2) is 18.2 Å². The quantitative estimate of drug-likeness (QED) is 0.123. The van der Waals surface area contributed by atoms with E-state index in [1.54, 1.807) is 37.0 Å². The number of halogens is 4. The molecule has 2 aromatic carbocycles. The minimum absolute atomic E-state index is 0.0319. The second-order valence-corrected chi connectivity index (χ2v) is 17.7. The number of imide groups is 1. The van der Waals surface area contributed by atoms with Gasteiger partial charge in [0.2, 0.25) is 23.5 Å². The Labute approximate surface area is 354 Å². The topological polar surface area (TPSA) is 152 Å². The van der Waals surface area contributed by atoms with Crippen molar-refractivity contribution in [3.8, 4) is 5.75 Å². The molecule has 5 aromatic rings. The predicted molar refractivity (Wildman–Crippen MR) is 224 cm³/mol. The summed E-state index contributed by atoms with van der Waals surface area (Å²) in [5.74, 6) is -4.94. The number of carbonyl (C=O) groups excluding carboxylic acids is 2. The monoisotopic (exact) mass is 856 g/mol. The highest BCUT2D eigenvalue weighted by atomic mass is 19.3. The number of aromatic nitrogens is 5. The second-order valence-electron chi connectivity index (χ2n) is 17.7. The maximum atomic E-state index is 15.7. The van der Waals surface area contributed by atoms with E-state index in [1.807, 2.05) is 11.0 Å². The normalized spacial score (nSPS) is 22.6. The number of likely N-dealkylation sites (tertiary alicyclic amines) is 1. The van der Waals surface area contributed by atoms with Crippen molar-refractivity contribution < 1.29 is 31.9 Å². The van der Waals surface area contributed by atoms with E-state index in [0.29, 0.717) is 77.5 Å². The van der Waals surface area contributed by atoms with Crippen LogP contribution in [-0.2, 0) is 23.7 Å². The summed E-state index contributed by atoms with van der Waals surface area (Å²) in [6.07, 6.45) is 6.48. The highest BCUT2D eigenvalue weighted by Crippen LogP contribution is 2.46. The number of rotatable bonds is 8. The third-order valence-corrected chi connectivity index (χ3v) is 13.6. The van der Waals surface area contributed by atoms with Gasteiger partial charge in [-0.25, -0.2) is 22.5 Å². The van der Waals surface area contributed by atoms with Crippen LogP contribution in [0.4, 0.5) is 40.7 Å². The Balaban J connectivity index is 0.770. The molecule has 0 radical (unpaired) electrons. The molecule has 5 aliphatic rings. The van der Waals surface area contributed by atoms with Crippen molar-refractivity contribution in [1.82, 2.24) is 34.5 Å². The summed E-state index contributed by atoms with van der Waals surface area (Å²) >= 11 is 0. The van der Waals surface area contributed by atoms with Crippen LogP contribution in [0.3, 0.4) is 0 Å². The van der Waals surface area contributed by atoms with Gasteiger partial charge in [0.25, 0.3) is 5.56 Å². The van der Waals surface area contributed by atoms with Crippen LogP contribution in [0.5, 0.6) is 5.75 Å². The van der Waals surface area contributed by atoms with E-state index in [4.69, 9.17) is 4.74 Å². The number of aryl methyl sites for hydroxylation is 2. The molecule has 62 heavy (non-hydrogen) atoms. The van der Waals surface area contributed by atoms with Crippen molar-refractivity contribution in [3.05, 3.63) is 69.8 Å². The lowest BCUT2D eigenvalue weighted by molar-refractivity contribution is -0.134. The lowest BCUT2D eigenvalue weighted by Crippen LogP contribution is -2.44. The molecule has 1 aliphatic carbocycles. The van der Waals surface area contributed by atoms with Crippen molar-refractivity contribution in [2.24, 2.45) is 25.9 Å². The summed E-state index contributed by atoms with van der Waals surface area (Å²) in [6, 6.07) is 7.26. The number of alkyl halides is 2. The van der Waals surface area contributed by atoms with Gasteiger partial charge < -0.3 is 29.7 Å².